The van der Waals surface area contributed by atoms with Gasteiger partial charge in [-0.2, -0.15) is 5.10 Å². The molecule has 0 aliphatic carbocycles. The van der Waals surface area contributed by atoms with Gasteiger partial charge in [0.25, 0.3) is 0 Å². The fraction of sp³-hybridized carbons (Fsp3) is 0. The van der Waals surface area contributed by atoms with Gasteiger partial charge >= 0.3 is 0 Å². The highest BCUT2D eigenvalue weighted by Crippen LogP contribution is 2.41. The minimum atomic E-state index is 0.947. The highest BCUT2D eigenvalue weighted by atomic mass is 15.2. The largest absolute Gasteiger partial charge is 0.248 e. The molecule has 0 amide bonds. The zero-order valence-corrected chi connectivity index (χ0v) is 25.4. The van der Waals surface area contributed by atoms with E-state index in [2.05, 4.69) is 152 Å². The molecule has 0 saturated heterocycles. The molecule has 3 heterocycles. The third-order valence-electron chi connectivity index (χ3n) is 9.57. The van der Waals surface area contributed by atoms with Crippen molar-refractivity contribution in [3.8, 4) is 33.6 Å². The number of hydrogen-bond donors (Lipinski definition) is 0. The van der Waals surface area contributed by atoms with Crippen molar-refractivity contribution >= 4 is 59.5 Å². The summed E-state index contributed by atoms with van der Waals surface area (Å²) in [5, 5.41) is 15.8. The van der Waals surface area contributed by atoms with Crippen molar-refractivity contribution in [1.29, 1.82) is 0 Å². The van der Waals surface area contributed by atoms with E-state index in [4.69, 9.17) is 10.1 Å². The lowest BCUT2D eigenvalue weighted by Crippen LogP contribution is -1.95. The molecule has 3 nitrogen and oxygen atoms in total. The van der Waals surface area contributed by atoms with Crippen LogP contribution in [0.15, 0.2) is 164 Å². The fourth-order valence-corrected chi connectivity index (χ4v) is 7.45. The number of fused-ring (bicyclic) bond motifs is 9. The van der Waals surface area contributed by atoms with Crippen molar-refractivity contribution in [2.45, 2.75) is 0 Å². The Morgan fingerprint density at radius 3 is 1.47 bits per heavy atom. The van der Waals surface area contributed by atoms with Crippen molar-refractivity contribution in [3.05, 3.63) is 164 Å². The molecule has 0 bridgehead atoms. The Hall–Kier alpha value is -6.32. The smallest absolute Gasteiger partial charge is 0.0934 e. The Kier molecular flexibility index (Phi) is 5.57. The van der Waals surface area contributed by atoms with Gasteiger partial charge in [-0.15, -0.1) is 0 Å². The van der Waals surface area contributed by atoms with Gasteiger partial charge in [0.1, 0.15) is 0 Å². The van der Waals surface area contributed by atoms with Crippen molar-refractivity contribution in [2.75, 3.05) is 0 Å². The number of benzene rings is 7. The van der Waals surface area contributed by atoms with Gasteiger partial charge in [-0.05, 0) is 85.1 Å². The van der Waals surface area contributed by atoms with Gasteiger partial charge in [-0.25, -0.2) is 9.50 Å². The Morgan fingerprint density at radius 1 is 0.383 bits per heavy atom. The van der Waals surface area contributed by atoms with E-state index >= 15 is 0 Å². The predicted octanol–water partition coefficient (Wildman–Crippen LogP) is 11.5. The van der Waals surface area contributed by atoms with Crippen LogP contribution in [0.1, 0.15) is 0 Å². The quantitative estimate of drug-likeness (QED) is 0.190. The summed E-state index contributed by atoms with van der Waals surface area (Å²) in [7, 11) is 0. The standard InChI is InChI=1S/C44H27N3/c1-3-14-31-28(12-1)24-39(36-18-7-5-16-34(31)36)42-26-30(33-21-11-23-47-44(33)38-20-9-10-22-41(38)46-47)27-43(45-42)40-25-29-13-2-4-15-32(29)35-17-6-8-19-37(35)40/h1-27H. The number of rotatable bonds is 3. The summed E-state index contributed by atoms with van der Waals surface area (Å²) in [5.74, 6) is 0. The van der Waals surface area contributed by atoms with E-state index in [0.717, 1.165) is 50.1 Å². The molecule has 10 rings (SSSR count). The first-order chi connectivity index (χ1) is 23.3. The summed E-state index contributed by atoms with van der Waals surface area (Å²) in [4.78, 5) is 5.52. The van der Waals surface area contributed by atoms with Crippen molar-refractivity contribution in [2.24, 2.45) is 0 Å². The molecule has 0 fully saturated rings. The van der Waals surface area contributed by atoms with Gasteiger partial charge < -0.3 is 0 Å². The molecule has 10 aromatic rings. The third-order valence-corrected chi connectivity index (χ3v) is 9.57. The second-order valence-corrected chi connectivity index (χ2v) is 12.2. The Balaban J connectivity index is 1.34. The summed E-state index contributed by atoms with van der Waals surface area (Å²) < 4.78 is 2.01. The topological polar surface area (TPSA) is 30.2 Å². The zero-order valence-electron chi connectivity index (χ0n) is 25.4. The molecule has 0 saturated carbocycles. The lowest BCUT2D eigenvalue weighted by atomic mass is 9.92. The SMILES string of the molecule is c1ccc2c(c1)cc(-c1cc(-c3cccn4nc5ccccc5c34)cc(-c3cc4ccccc4c4ccccc34)n1)c1ccccc12. The van der Waals surface area contributed by atoms with E-state index in [-0.39, 0.29) is 0 Å². The molecule has 218 valence electrons. The van der Waals surface area contributed by atoms with Crippen molar-refractivity contribution in [1.82, 2.24) is 14.6 Å². The molecule has 7 aromatic carbocycles. The van der Waals surface area contributed by atoms with Crippen LogP contribution in [0.5, 0.6) is 0 Å². The van der Waals surface area contributed by atoms with Gasteiger partial charge in [-0.3, -0.25) is 0 Å². The highest BCUT2D eigenvalue weighted by Gasteiger charge is 2.18. The summed E-state index contributed by atoms with van der Waals surface area (Å²) in [5.41, 5.74) is 8.45. The lowest BCUT2D eigenvalue weighted by Gasteiger charge is -2.16. The molecular formula is C44H27N3. The van der Waals surface area contributed by atoms with E-state index in [1.165, 1.54) is 43.1 Å². The lowest BCUT2D eigenvalue weighted by molar-refractivity contribution is 0.983. The Bertz CT molecular complexity index is 2720. The van der Waals surface area contributed by atoms with Crippen molar-refractivity contribution < 1.29 is 0 Å². The van der Waals surface area contributed by atoms with E-state index in [1.807, 2.05) is 16.8 Å². The second-order valence-electron chi connectivity index (χ2n) is 12.2. The van der Waals surface area contributed by atoms with E-state index in [9.17, 15) is 0 Å². The Morgan fingerprint density at radius 2 is 0.872 bits per heavy atom. The summed E-state index contributed by atoms with van der Waals surface area (Å²) >= 11 is 0. The van der Waals surface area contributed by atoms with Crippen LogP contribution in [0.2, 0.25) is 0 Å². The monoisotopic (exact) mass is 597 g/mol. The average molecular weight is 598 g/mol. The van der Waals surface area contributed by atoms with Crippen LogP contribution >= 0.6 is 0 Å². The van der Waals surface area contributed by atoms with Gasteiger partial charge in [0, 0.05) is 28.3 Å². The van der Waals surface area contributed by atoms with Crippen molar-refractivity contribution in [3.63, 3.8) is 0 Å². The molecule has 0 atom stereocenters. The van der Waals surface area contributed by atoms with Crippen LogP contribution in [0.25, 0.3) is 93.2 Å². The minimum Gasteiger partial charge on any atom is -0.248 e. The molecule has 0 aliphatic heterocycles. The first-order valence-electron chi connectivity index (χ1n) is 16.0. The normalized spacial score (nSPS) is 11.8. The minimum absolute atomic E-state index is 0.947. The van der Waals surface area contributed by atoms with Crippen LogP contribution in [0.4, 0.5) is 0 Å². The van der Waals surface area contributed by atoms with E-state index in [0.29, 0.717) is 0 Å². The Labute approximate surface area is 271 Å². The molecule has 0 radical (unpaired) electrons. The van der Waals surface area contributed by atoms with Crippen LogP contribution < -0.4 is 0 Å². The fourth-order valence-electron chi connectivity index (χ4n) is 7.45. The third kappa shape index (κ3) is 4.00. The average Bonchev–Trinajstić information content (AvgIpc) is 3.53. The molecule has 0 aliphatic rings. The second kappa shape index (κ2) is 10.1. The summed E-state index contributed by atoms with van der Waals surface area (Å²) in [6.45, 7) is 0. The van der Waals surface area contributed by atoms with Crippen LogP contribution in [0, 0.1) is 0 Å². The summed E-state index contributed by atoms with van der Waals surface area (Å²) in [6.07, 6.45) is 2.04. The van der Waals surface area contributed by atoms with Gasteiger partial charge in [-0.1, -0.05) is 121 Å². The molecule has 0 spiro atoms. The van der Waals surface area contributed by atoms with Gasteiger partial charge in [0.15, 0.2) is 0 Å². The maximum absolute atomic E-state index is 5.52. The van der Waals surface area contributed by atoms with Crippen LogP contribution in [0.3, 0.4) is 0 Å². The molecular weight excluding hydrogens is 571 g/mol. The molecule has 47 heavy (non-hydrogen) atoms. The molecule has 0 N–H and O–H groups in total. The van der Waals surface area contributed by atoms with Crippen LogP contribution in [-0.2, 0) is 0 Å². The maximum Gasteiger partial charge on any atom is 0.0934 e. The van der Waals surface area contributed by atoms with Crippen LogP contribution in [-0.4, -0.2) is 14.6 Å². The molecule has 3 heteroatoms. The first-order valence-corrected chi connectivity index (χ1v) is 16.0. The van der Waals surface area contributed by atoms with Gasteiger partial charge in [0.05, 0.1) is 22.4 Å². The number of hydrogen-bond acceptors (Lipinski definition) is 2. The molecule has 3 aromatic heterocycles. The number of pyridine rings is 2. The van der Waals surface area contributed by atoms with E-state index in [1.54, 1.807) is 0 Å². The highest BCUT2D eigenvalue weighted by molar-refractivity contribution is 6.15. The zero-order chi connectivity index (χ0) is 30.9. The van der Waals surface area contributed by atoms with E-state index < -0.39 is 0 Å². The maximum atomic E-state index is 5.52. The summed E-state index contributed by atoms with van der Waals surface area (Å²) in [6, 6.07) is 56.5. The number of nitrogens with zero attached hydrogens (tertiary/aromatic N) is 3. The predicted molar refractivity (Wildman–Crippen MR) is 197 cm³/mol. The first kappa shape index (κ1) is 26.0. The number of aromatic nitrogens is 3. The molecule has 0 unspecified atom stereocenters. The van der Waals surface area contributed by atoms with Gasteiger partial charge in [0.2, 0.25) is 0 Å².